The van der Waals surface area contributed by atoms with Crippen molar-refractivity contribution in [3.8, 4) is 0 Å². The Balaban J connectivity index is 1.89. The number of rotatable bonds is 4. The second-order valence-corrected chi connectivity index (χ2v) is 3.36. The first-order chi connectivity index (χ1) is 7.27. The predicted octanol–water partition coefficient (Wildman–Crippen LogP) is 0.699. The van der Waals surface area contributed by atoms with Gasteiger partial charge in [-0.1, -0.05) is 5.16 Å². The molecule has 15 heavy (non-hydrogen) atoms. The normalized spacial score (nSPS) is 10.8. The third kappa shape index (κ3) is 2.21. The molecule has 0 bridgehead atoms. The number of nitrogens with zero attached hydrogens (tertiary/aromatic N) is 3. The monoisotopic (exact) mass is 207 g/mol. The fourth-order valence-electron chi connectivity index (χ4n) is 1.40. The first-order valence-corrected chi connectivity index (χ1v) is 4.74. The van der Waals surface area contributed by atoms with Gasteiger partial charge in [0, 0.05) is 17.8 Å². The van der Waals surface area contributed by atoms with Gasteiger partial charge >= 0.3 is 0 Å². The van der Waals surface area contributed by atoms with E-state index in [2.05, 4.69) is 30.2 Å². The summed E-state index contributed by atoms with van der Waals surface area (Å²) >= 11 is 0. The molecule has 6 nitrogen and oxygen atoms in total. The van der Waals surface area contributed by atoms with Crippen LogP contribution in [0.2, 0.25) is 0 Å². The van der Waals surface area contributed by atoms with E-state index in [1.807, 2.05) is 13.8 Å². The Kier molecular flexibility index (Phi) is 2.77. The van der Waals surface area contributed by atoms with E-state index >= 15 is 0 Å². The molecule has 0 saturated heterocycles. The van der Waals surface area contributed by atoms with Crippen LogP contribution >= 0.6 is 0 Å². The second-order valence-electron chi connectivity index (χ2n) is 3.36. The molecule has 0 aromatic carbocycles. The summed E-state index contributed by atoms with van der Waals surface area (Å²) in [5.74, 6) is 0.661. The van der Waals surface area contributed by atoms with E-state index in [4.69, 9.17) is 0 Å². The van der Waals surface area contributed by atoms with Crippen molar-refractivity contribution in [2.75, 3.05) is 0 Å². The van der Waals surface area contributed by atoms with Crippen LogP contribution in [0.15, 0.2) is 10.9 Å². The Labute approximate surface area is 87.1 Å². The highest BCUT2D eigenvalue weighted by Gasteiger charge is 2.05. The molecule has 0 amide bonds. The highest BCUT2D eigenvalue weighted by atomic mass is 16.5. The molecule has 0 aliphatic rings. The minimum absolute atomic E-state index is 0.598. The number of aryl methyl sites for hydroxylation is 2. The third-order valence-corrected chi connectivity index (χ3v) is 2.27. The molecule has 0 aliphatic heterocycles. The van der Waals surface area contributed by atoms with Gasteiger partial charge in [0.05, 0.1) is 12.2 Å². The highest BCUT2D eigenvalue weighted by Crippen LogP contribution is 2.08. The molecule has 2 aromatic rings. The van der Waals surface area contributed by atoms with Crippen molar-refractivity contribution in [2.24, 2.45) is 0 Å². The molecule has 0 spiro atoms. The molecule has 0 fully saturated rings. The molecule has 2 aromatic heterocycles. The maximum Gasteiger partial charge on any atom is 0.213 e. The van der Waals surface area contributed by atoms with Crippen molar-refractivity contribution in [3.05, 3.63) is 29.2 Å². The number of hydrogen-bond acceptors (Lipinski definition) is 5. The number of H-pyrrole nitrogens is 1. The van der Waals surface area contributed by atoms with E-state index in [9.17, 15) is 0 Å². The van der Waals surface area contributed by atoms with Crippen LogP contribution < -0.4 is 5.32 Å². The highest BCUT2D eigenvalue weighted by molar-refractivity contribution is 5.22. The summed E-state index contributed by atoms with van der Waals surface area (Å²) in [6, 6.07) is 0. The molecular formula is C9H13N5O. The van der Waals surface area contributed by atoms with Crippen LogP contribution in [0.3, 0.4) is 0 Å². The summed E-state index contributed by atoms with van der Waals surface area (Å²) in [4.78, 5) is 3.92. The van der Waals surface area contributed by atoms with Gasteiger partial charge in [-0.05, 0) is 13.8 Å². The molecule has 0 radical (unpaired) electrons. The topological polar surface area (TPSA) is 79.6 Å². The number of hydrogen-bond donors (Lipinski definition) is 2. The van der Waals surface area contributed by atoms with Gasteiger partial charge in [-0.25, -0.2) is 0 Å². The Bertz CT molecular complexity index is 400. The van der Waals surface area contributed by atoms with Crippen LogP contribution in [0.1, 0.15) is 22.8 Å². The minimum Gasteiger partial charge on any atom is -0.343 e. The average Bonchev–Trinajstić information content (AvgIpc) is 2.82. The zero-order valence-electron chi connectivity index (χ0n) is 8.74. The van der Waals surface area contributed by atoms with Crippen molar-refractivity contribution in [3.63, 3.8) is 0 Å². The molecule has 0 saturated carbocycles. The summed E-state index contributed by atoms with van der Waals surface area (Å²) in [6.45, 7) is 5.34. The quantitative estimate of drug-likeness (QED) is 0.771. The van der Waals surface area contributed by atoms with Crippen molar-refractivity contribution in [1.82, 2.24) is 25.7 Å². The summed E-state index contributed by atoms with van der Waals surface area (Å²) < 4.78 is 4.63. The first-order valence-electron chi connectivity index (χ1n) is 4.74. The van der Waals surface area contributed by atoms with Crippen molar-refractivity contribution in [1.29, 1.82) is 0 Å². The van der Waals surface area contributed by atoms with Crippen molar-refractivity contribution >= 4 is 0 Å². The number of aromatic nitrogens is 4. The van der Waals surface area contributed by atoms with Gasteiger partial charge in [-0.2, -0.15) is 10.1 Å². The predicted molar refractivity (Wildman–Crippen MR) is 52.9 cm³/mol. The van der Waals surface area contributed by atoms with Crippen LogP contribution in [-0.2, 0) is 13.1 Å². The Morgan fingerprint density at radius 2 is 2.27 bits per heavy atom. The fraction of sp³-hybridized carbons (Fsp3) is 0.444. The van der Waals surface area contributed by atoms with Gasteiger partial charge in [-0.3, -0.25) is 5.10 Å². The minimum atomic E-state index is 0.598. The van der Waals surface area contributed by atoms with Crippen LogP contribution in [0, 0.1) is 13.8 Å². The van der Waals surface area contributed by atoms with Gasteiger partial charge in [0.15, 0.2) is 5.82 Å². The maximum atomic E-state index is 4.63. The molecule has 6 heteroatoms. The molecule has 80 valence electrons. The van der Waals surface area contributed by atoms with E-state index in [0.717, 1.165) is 17.9 Å². The smallest absolute Gasteiger partial charge is 0.213 e. The molecule has 2 rings (SSSR count). The van der Waals surface area contributed by atoms with E-state index < -0.39 is 0 Å². The van der Waals surface area contributed by atoms with Crippen LogP contribution in [0.4, 0.5) is 0 Å². The molecule has 0 aliphatic carbocycles. The van der Waals surface area contributed by atoms with E-state index in [1.54, 1.807) is 0 Å². The molecular weight excluding hydrogens is 194 g/mol. The lowest BCUT2D eigenvalue weighted by Crippen LogP contribution is -2.14. The zero-order chi connectivity index (χ0) is 10.7. The number of nitrogens with one attached hydrogen (secondary N) is 2. The van der Waals surface area contributed by atoms with E-state index in [1.165, 1.54) is 12.0 Å². The van der Waals surface area contributed by atoms with Crippen LogP contribution in [0.25, 0.3) is 0 Å². The first kappa shape index (κ1) is 9.85. The maximum absolute atomic E-state index is 4.63. The average molecular weight is 207 g/mol. The Morgan fingerprint density at radius 3 is 2.87 bits per heavy atom. The third-order valence-electron chi connectivity index (χ3n) is 2.27. The summed E-state index contributed by atoms with van der Waals surface area (Å²) in [7, 11) is 0. The fourth-order valence-corrected chi connectivity index (χ4v) is 1.40. The van der Waals surface area contributed by atoms with Gasteiger partial charge in [0.1, 0.15) is 0 Å². The lowest BCUT2D eigenvalue weighted by atomic mass is 10.2. The summed E-state index contributed by atoms with van der Waals surface area (Å²) in [6.07, 6.45) is 1.32. The molecule has 0 unspecified atom stereocenters. The van der Waals surface area contributed by atoms with Gasteiger partial charge in [0.25, 0.3) is 0 Å². The van der Waals surface area contributed by atoms with Crippen LogP contribution in [0.5, 0.6) is 0 Å². The Hall–Kier alpha value is -1.69. The summed E-state index contributed by atoms with van der Waals surface area (Å²) in [5.41, 5.74) is 3.31. The largest absolute Gasteiger partial charge is 0.343 e. The molecule has 2 heterocycles. The van der Waals surface area contributed by atoms with E-state index in [-0.39, 0.29) is 0 Å². The lowest BCUT2D eigenvalue weighted by Gasteiger charge is -2.01. The SMILES string of the molecule is Cc1n[nH]c(C)c1CNCc1ncon1. The van der Waals surface area contributed by atoms with Crippen molar-refractivity contribution in [2.45, 2.75) is 26.9 Å². The van der Waals surface area contributed by atoms with Gasteiger partial charge < -0.3 is 9.84 Å². The molecule has 2 N–H and O–H groups in total. The Morgan fingerprint density at radius 1 is 1.40 bits per heavy atom. The van der Waals surface area contributed by atoms with Gasteiger partial charge in [-0.15, -0.1) is 0 Å². The number of aromatic amines is 1. The van der Waals surface area contributed by atoms with E-state index in [0.29, 0.717) is 12.4 Å². The van der Waals surface area contributed by atoms with Crippen LogP contribution in [-0.4, -0.2) is 20.3 Å². The lowest BCUT2D eigenvalue weighted by molar-refractivity contribution is 0.407. The standard InChI is InChI=1S/C9H13N5O/c1-6-8(7(2)13-12-6)3-10-4-9-11-5-15-14-9/h5,10H,3-4H2,1-2H3,(H,12,13). The van der Waals surface area contributed by atoms with Crippen molar-refractivity contribution < 1.29 is 4.52 Å². The zero-order valence-corrected chi connectivity index (χ0v) is 8.74. The summed E-state index contributed by atoms with van der Waals surface area (Å²) in [5, 5.41) is 14.0. The molecule has 0 atom stereocenters. The van der Waals surface area contributed by atoms with Gasteiger partial charge in [0.2, 0.25) is 6.39 Å². The second kappa shape index (κ2) is 4.22.